The summed E-state index contributed by atoms with van der Waals surface area (Å²) >= 11 is 0. The lowest BCUT2D eigenvalue weighted by atomic mass is 9.78. The summed E-state index contributed by atoms with van der Waals surface area (Å²) in [5.74, 6) is 0.828. The zero-order valence-electron chi connectivity index (χ0n) is 40.5. The van der Waals surface area contributed by atoms with Crippen molar-refractivity contribution in [2.75, 3.05) is 0 Å². The molecule has 4 fully saturated rings. The van der Waals surface area contributed by atoms with Crippen LogP contribution in [0, 0.1) is 34.5 Å². The van der Waals surface area contributed by atoms with Gasteiger partial charge >= 0.3 is 0 Å². The summed E-state index contributed by atoms with van der Waals surface area (Å²) in [6, 6.07) is 41.3. The molecule has 14 heteroatoms. The Morgan fingerprint density at radius 1 is 0.514 bits per heavy atom. The number of nitrogens with two attached hydrogens (primary N) is 2. The molecule has 0 aliphatic heterocycles. The number of hydrogen-bond donors (Lipinski definition) is 2. The van der Waals surface area contributed by atoms with Gasteiger partial charge in [0, 0.05) is 24.2 Å². The Morgan fingerprint density at radius 3 is 1.15 bits per heavy atom. The number of carbonyl (C=O) groups excluding carboxylic acids is 4. The fourth-order valence-electron chi connectivity index (χ4n) is 10.3. The first-order chi connectivity index (χ1) is 34.9. The number of amides is 2. The SMILES string of the molecule is N#CCC1(n2cc(C(N)=O)c(CC(=O)C3CC3)n2)CCC(Oc2ccc(-c3ccccc3)cc2)CC1.N#CCC1(n2cc(C(N)=O)c(CC(=O)C3CC3)n2)CCC(Oc2ccc(-c3ccccc3)cc2)CC1. The average molecular weight is 965 g/mol. The van der Waals surface area contributed by atoms with E-state index in [1.165, 1.54) is 0 Å². The summed E-state index contributed by atoms with van der Waals surface area (Å²) in [4.78, 5) is 49.0. The second-order valence-electron chi connectivity index (χ2n) is 20.0. The predicted octanol–water partition coefficient (Wildman–Crippen LogP) is 9.60. The minimum absolute atomic E-state index is 0.0291. The number of aromatic nitrogens is 4. The van der Waals surface area contributed by atoms with Crippen molar-refractivity contribution in [3.05, 3.63) is 144 Å². The summed E-state index contributed by atoms with van der Waals surface area (Å²) in [5.41, 5.74) is 16.1. The van der Waals surface area contributed by atoms with Crippen molar-refractivity contribution >= 4 is 23.4 Å². The zero-order chi connectivity index (χ0) is 50.2. The molecule has 4 N–H and O–H groups in total. The molecule has 72 heavy (non-hydrogen) atoms. The molecule has 368 valence electrons. The van der Waals surface area contributed by atoms with Crippen LogP contribution in [-0.2, 0) is 33.5 Å². The van der Waals surface area contributed by atoms with E-state index >= 15 is 0 Å². The maximum atomic E-state index is 12.4. The Bertz CT molecular complexity index is 2760. The van der Waals surface area contributed by atoms with E-state index in [1.807, 2.05) is 60.7 Å². The molecule has 2 aromatic heterocycles. The molecule has 4 aliphatic carbocycles. The van der Waals surface area contributed by atoms with Gasteiger partial charge in [-0.2, -0.15) is 20.7 Å². The molecule has 0 unspecified atom stereocenters. The van der Waals surface area contributed by atoms with Crippen molar-refractivity contribution in [2.45, 2.75) is 126 Å². The first kappa shape index (κ1) is 49.2. The van der Waals surface area contributed by atoms with Crippen LogP contribution in [0.4, 0.5) is 0 Å². The molecule has 4 aromatic carbocycles. The molecule has 0 bridgehead atoms. The van der Waals surface area contributed by atoms with Gasteiger partial charge in [-0.3, -0.25) is 28.5 Å². The van der Waals surface area contributed by atoms with Crippen molar-refractivity contribution in [1.82, 2.24) is 19.6 Å². The third kappa shape index (κ3) is 11.5. The third-order valence-corrected chi connectivity index (χ3v) is 14.9. The second kappa shape index (κ2) is 21.7. The van der Waals surface area contributed by atoms with Crippen molar-refractivity contribution in [3.63, 3.8) is 0 Å². The van der Waals surface area contributed by atoms with Crippen LogP contribution in [0.15, 0.2) is 122 Å². The van der Waals surface area contributed by atoms with Crippen molar-refractivity contribution in [1.29, 1.82) is 10.5 Å². The number of benzene rings is 4. The summed E-state index contributed by atoms with van der Waals surface area (Å²) in [6.07, 6.45) is 13.5. The molecule has 2 heterocycles. The summed E-state index contributed by atoms with van der Waals surface area (Å²) in [7, 11) is 0. The van der Waals surface area contributed by atoms with E-state index in [9.17, 15) is 29.7 Å². The highest BCUT2D eigenvalue weighted by Gasteiger charge is 2.42. The predicted molar refractivity (Wildman–Crippen MR) is 270 cm³/mol. The molecule has 2 amide bonds. The minimum atomic E-state index is -0.595. The van der Waals surface area contributed by atoms with E-state index in [0.29, 0.717) is 37.1 Å². The zero-order valence-corrected chi connectivity index (χ0v) is 40.5. The number of carbonyl (C=O) groups is 4. The molecular weight excluding hydrogens is 905 g/mol. The minimum Gasteiger partial charge on any atom is -0.490 e. The molecule has 0 spiro atoms. The Balaban J connectivity index is 0.000000178. The topological polar surface area (TPSA) is 222 Å². The highest BCUT2D eigenvalue weighted by Crippen LogP contribution is 2.42. The number of hydrogen-bond acceptors (Lipinski definition) is 10. The number of ketones is 2. The highest BCUT2D eigenvalue weighted by atomic mass is 16.5. The number of ether oxygens (including phenoxy) is 2. The summed E-state index contributed by atoms with van der Waals surface area (Å²) < 4.78 is 16.0. The molecular formula is C58H60N8O6. The molecule has 6 aromatic rings. The number of nitriles is 2. The molecule has 4 aliphatic rings. The van der Waals surface area contributed by atoms with Crippen LogP contribution in [0.2, 0.25) is 0 Å². The molecule has 0 atom stereocenters. The maximum Gasteiger partial charge on any atom is 0.252 e. The van der Waals surface area contributed by atoms with E-state index in [2.05, 4.69) is 70.9 Å². The van der Waals surface area contributed by atoms with E-state index in [0.717, 1.165) is 85.1 Å². The van der Waals surface area contributed by atoms with E-state index in [4.69, 9.17) is 20.9 Å². The van der Waals surface area contributed by atoms with Crippen LogP contribution >= 0.6 is 0 Å². The van der Waals surface area contributed by atoms with Crippen molar-refractivity contribution in [3.8, 4) is 45.9 Å². The monoisotopic (exact) mass is 964 g/mol. The van der Waals surface area contributed by atoms with Crippen LogP contribution in [0.1, 0.15) is 122 Å². The normalized spacial score (nSPS) is 21.5. The summed E-state index contributed by atoms with van der Waals surface area (Å²) in [5, 5.41) is 28.5. The fraction of sp³-hybridized carbons (Fsp3) is 0.379. The Hall–Kier alpha value is -7.84. The Labute approximate surface area is 419 Å². The van der Waals surface area contributed by atoms with Gasteiger partial charge in [-0.05, 0) is 124 Å². The van der Waals surface area contributed by atoms with Crippen LogP contribution in [0.25, 0.3) is 22.3 Å². The molecule has 10 rings (SSSR count). The lowest BCUT2D eigenvalue weighted by Gasteiger charge is -2.39. The standard InChI is InChI=1S/2C29H30N4O3/c2*30-17-16-29(33-19-25(28(31)35)26(32-33)18-27(34)22-6-7-22)14-12-24(13-15-29)36-23-10-8-21(9-11-23)20-4-2-1-3-5-20/h2*1-5,8-11,19,22,24H,6-7,12-16,18H2,(H2,31,35). The van der Waals surface area contributed by atoms with Gasteiger partial charge in [-0.15, -0.1) is 0 Å². The highest BCUT2D eigenvalue weighted by molar-refractivity contribution is 5.96. The van der Waals surface area contributed by atoms with Crippen LogP contribution in [0.3, 0.4) is 0 Å². The number of rotatable bonds is 18. The maximum absolute atomic E-state index is 12.4. The van der Waals surface area contributed by atoms with Crippen molar-refractivity contribution in [2.24, 2.45) is 23.3 Å². The van der Waals surface area contributed by atoms with Gasteiger partial charge in [-0.25, -0.2) is 0 Å². The molecule has 0 saturated heterocycles. The first-order valence-electron chi connectivity index (χ1n) is 25.2. The van der Waals surface area contributed by atoms with E-state index < -0.39 is 22.9 Å². The van der Waals surface area contributed by atoms with Gasteiger partial charge in [0.1, 0.15) is 23.1 Å². The van der Waals surface area contributed by atoms with Crippen LogP contribution < -0.4 is 20.9 Å². The van der Waals surface area contributed by atoms with Gasteiger partial charge < -0.3 is 20.9 Å². The van der Waals surface area contributed by atoms with Crippen LogP contribution in [0.5, 0.6) is 11.5 Å². The number of Topliss-reactive ketones (excluding diaryl/α,β-unsaturated/α-hetero) is 2. The lowest BCUT2D eigenvalue weighted by molar-refractivity contribution is -0.120. The van der Waals surface area contributed by atoms with Crippen LogP contribution in [-0.4, -0.2) is 55.1 Å². The third-order valence-electron chi connectivity index (χ3n) is 14.9. The van der Waals surface area contributed by atoms with Gasteiger partial charge in [-0.1, -0.05) is 84.9 Å². The van der Waals surface area contributed by atoms with Gasteiger partial charge in [0.15, 0.2) is 0 Å². The number of primary amides is 2. The van der Waals surface area contributed by atoms with E-state index in [-0.39, 0.29) is 72.4 Å². The largest absolute Gasteiger partial charge is 0.490 e. The smallest absolute Gasteiger partial charge is 0.252 e. The summed E-state index contributed by atoms with van der Waals surface area (Å²) in [6.45, 7) is 0. The molecule has 4 saturated carbocycles. The second-order valence-corrected chi connectivity index (χ2v) is 20.0. The Morgan fingerprint density at radius 2 is 0.847 bits per heavy atom. The lowest BCUT2D eigenvalue weighted by Crippen LogP contribution is -2.40. The molecule has 14 nitrogen and oxygen atoms in total. The van der Waals surface area contributed by atoms with Gasteiger partial charge in [0.05, 0.1) is 83.6 Å². The number of nitrogens with zero attached hydrogens (tertiary/aromatic N) is 6. The average Bonchev–Trinajstić information content (AvgIpc) is 4.35. The molecule has 0 radical (unpaired) electrons. The fourth-order valence-corrected chi connectivity index (χ4v) is 10.3. The first-order valence-corrected chi connectivity index (χ1v) is 25.2. The van der Waals surface area contributed by atoms with Crippen molar-refractivity contribution < 1.29 is 28.7 Å². The van der Waals surface area contributed by atoms with E-state index in [1.54, 1.807) is 21.8 Å². The van der Waals surface area contributed by atoms with Gasteiger partial charge in [0.2, 0.25) is 0 Å². The quantitative estimate of drug-likeness (QED) is 0.0830. The van der Waals surface area contributed by atoms with Gasteiger partial charge in [0.25, 0.3) is 11.8 Å². The Kier molecular flexibility index (Phi) is 14.8.